The third-order valence-electron chi connectivity index (χ3n) is 5.81. The molecule has 2 fully saturated rings. The van der Waals surface area contributed by atoms with Gasteiger partial charge < -0.3 is 5.32 Å². The van der Waals surface area contributed by atoms with Crippen LogP contribution in [0.3, 0.4) is 0 Å². The largest absolute Gasteiger partial charge is 0.314 e. The zero-order valence-corrected chi connectivity index (χ0v) is 17.2. The average Bonchev–Trinajstić information content (AvgIpc) is 3.21. The van der Waals surface area contributed by atoms with Gasteiger partial charge in [0.25, 0.3) is 0 Å². The maximum Gasteiger partial charge on any atom is 0.107 e. The van der Waals surface area contributed by atoms with E-state index >= 15 is 0 Å². The van der Waals surface area contributed by atoms with Gasteiger partial charge in [-0.3, -0.25) is 14.7 Å². The van der Waals surface area contributed by atoms with E-state index in [2.05, 4.69) is 33.9 Å². The molecular formula is C18H32ClN5S. The molecule has 5 nitrogen and oxygen atoms in total. The van der Waals surface area contributed by atoms with E-state index in [-0.39, 0.29) is 12.4 Å². The lowest BCUT2D eigenvalue weighted by Gasteiger charge is -2.32. The van der Waals surface area contributed by atoms with Crippen LogP contribution >= 0.6 is 23.7 Å². The van der Waals surface area contributed by atoms with Crippen LogP contribution in [0, 0.1) is 0 Å². The molecule has 1 N–H and O–H groups in total. The molecule has 0 aliphatic carbocycles. The van der Waals surface area contributed by atoms with Crippen molar-refractivity contribution >= 4 is 23.7 Å². The second-order valence-corrected chi connectivity index (χ2v) is 8.92. The van der Waals surface area contributed by atoms with E-state index in [0.29, 0.717) is 6.04 Å². The quantitative estimate of drug-likeness (QED) is 0.855. The molecule has 3 aliphatic rings. The second kappa shape index (κ2) is 8.63. The van der Waals surface area contributed by atoms with Crippen LogP contribution < -0.4 is 5.32 Å². The summed E-state index contributed by atoms with van der Waals surface area (Å²) in [7, 11) is 0. The predicted octanol–water partition coefficient (Wildman–Crippen LogP) is 1.81. The van der Waals surface area contributed by atoms with Crippen molar-refractivity contribution in [1.29, 1.82) is 0 Å². The molecule has 1 aromatic rings. The van der Waals surface area contributed by atoms with Crippen LogP contribution in [0.15, 0.2) is 0 Å². The first kappa shape index (κ1) is 19.5. The molecule has 0 aromatic carbocycles. The van der Waals surface area contributed by atoms with Gasteiger partial charge in [-0.2, -0.15) is 0 Å². The summed E-state index contributed by atoms with van der Waals surface area (Å²) in [6.45, 7) is 15.1. The second-order valence-electron chi connectivity index (χ2n) is 7.76. The fraction of sp³-hybridized carbons (Fsp3) is 0.833. The van der Waals surface area contributed by atoms with Crippen molar-refractivity contribution in [3.8, 4) is 0 Å². The number of hydrogen-bond acceptors (Lipinski definition) is 6. The lowest BCUT2D eigenvalue weighted by Crippen LogP contribution is -2.49. The topological polar surface area (TPSA) is 34.6 Å². The van der Waals surface area contributed by atoms with Crippen molar-refractivity contribution in [3.05, 3.63) is 15.6 Å². The fourth-order valence-electron chi connectivity index (χ4n) is 4.27. The van der Waals surface area contributed by atoms with Crippen LogP contribution in [0.2, 0.25) is 0 Å². The first-order valence-corrected chi connectivity index (χ1v) is 10.4. The Morgan fingerprint density at radius 3 is 2.76 bits per heavy atom. The number of aromatic nitrogens is 1. The van der Waals surface area contributed by atoms with Crippen LogP contribution in [0.4, 0.5) is 0 Å². The molecule has 0 radical (unpaired) electrons. The Kier molecular flexibility index (Phi) is 6.74. The number of nitrogens with one attached hydrogen (secondary N) is 1. The summed E-state index contributed by atoms with van der Waals surface area (Å²) >= 11 is 1.96. The van der Waals surface area contributed by atoms with Gasteiger partial charge in [0.15, 0.2) is 0 Å². The van der Waals surface area contributed by atoms with Gasteiger partial charge in [-0.1, -0.05) is 0 Å². The van der Waals surface area contributed by atoms with Gasteiger partial charge in [0.05, 0.1) is 12.2 Å². The molecule has 4 heterocycles. The Hall–Kier alpha value is -0.240. The average molecular weight is 386 g/mol. The van der Waals surface area contributed by atoms with E-state index in [1.807, 2.05) is 11.3 Å². The minimum atomic E-state index is 0. The number of fused-ring (bicyclic) bond motifs is 1. The smallest absolute Gasteiger partial charge is 0.107 e. The molecule has 3 aliphatic heterocycles. The van der Waals surface area contributed by atoms with E-state index in [1.165, 1.54) is 54.7 Å². The molecular weight excluding hydrogens is 354 g/mol. The molecule has 0 saturated carbocycles. The number of rotatable bonds is 4. The molecule has 142 valence electrons. The number of likely N-dealkylation sites (tertiary alicyclic amines) is 1. The normalized spacial score (nSPS) is 26.0. The Bertz CT molecular complexity index is 558. The van der Waals surface area contributed by atoms with E-state index in [1.54, 1.807) is 0 Å². The third-order valence-corrected chi connectivity index (χ3v) is 6.88. The van der Waals surface area contributed by atoms with Gasteiger partial charge in [-0.25, -0.2) is 4.98 Å². The Labute approximate surface area is 162 Å². The molecule has 0 amide bonds. The Balaban J connectivity index is 0.00000182. The third kappa shape index (κ3) is 4.54. The van der Waals surface area contributed by atoms with E-state index in [9.17, 15) is 0 Å². The summed E-state index contributed by atoms with van der Waals surface area (Å²) in [5, 5.41) is 4.80. The first-order chi connectivity index (χ1) is 11.7. The van der Waals surface area contributed by atoms with Crippen LogP contribution in [-0.2, 0) is 19.5 Å². The standard InChI is InChI=1S/C18H31N5S.ClH/c1-14(2)23-8-4-16-17(12-23)24-18(20-16)13-21-7-3-15(11-21)22-9-5-19-6-10-22;/h14-15,19H,3-13H2,1-2H3;1H. The number of hydrogen-bond donors (Lipinski definition) is 1. The molecule has 1 unspecified atom stereocenters. The monoisotopic (exact) mass is 385 g/mol. The zero-order valence-electron chi connectivity index (χ0n) is 15.5. The minimum Gasteiger partial charge on any atom is -0.314 e. The summed E-state index contributed by atoms with van der Waals surface area (Å²) < 4.78 is 0. The van der Waals surface area contributed by atoms with Crippen molar-refractivity contribution < 1.29 is 0 Å². The van der Waals surface area contributed by atoms with Crippen LogP contribution in [0.25, 0.3) is 0 Å². The number of piperazine rings is 1. The van der Waals surface area contributed by atoms with Gasteiger partial charge in [0, 0.05) is 75.7 Å². The summed E-state index contributed by atoms with van der Waals surface area (Å²) in [5.41, 5.74) is 1.38. The van der Waals surface area contributed by atoms with Gasteiger partial charge in [0.2, 0.25) is 0 Å². The summed E-state index contributed by atoms with van der Waals surface area (Å²) in [6.07, 6.45) is 2.46. The molecule has 1 aromatic heterocycles. The van der Waals surface area contributed by atoms with Crippen molar-refractivity contribution in [1.82, 2.24) is 25.0 Å². The SMILES string of the molecule is CC(C)N1CCc2nc(CN3CCC(N4CCNCC4)C3)sc2C1.Cl. The zero-order chi connectivity index (χ0) is 16.5. The Morgan fingerprint density at radius 1 is 1.20 bits per heavy atom. The summed E-state index contributed by atoms with van der Waals surface area (Å²) in [5.74, 6) is 0. The molecule has 0 spiro atoms. The first-order valence-electron chi connectivity index (χ1n) is 9.57. The highest BCUT2D eigenvalue weighted by molar-refractivity contribution is 7.11. The molecule has 7 heteroatoms. The number of halogens is 1. The maximum absolute atomic E-state index is 4.97. The summed E-state index contributed by atoms with van der Waals surface area (Å²) in [4.78, 5) is 14.4. The molecule has 2 saturated heterocycles. The van der Waals surface area contributed by atoms with Crippen molar-refractivity contribution in [2.45, 2.75) is 51.9 Å². The van der Waals surface area contributed by atoms with Crippen LogP contribution in [0.1, 0.15) is 35.8 Å². The molecule has 25 heavy (non-hydrogen) atoms. The Morgan fingerprint density at radius 2 is 2.00 bits per heavy atom. The maximum atomic E-state index is 4.97. The lowest BCUT2D eigenvalue weighted by molar-refractivity contribution is 0.170. The van der Waals surface area contributed by atoms with Gasteiger partial charge in [-0.15, -0.1) is 23.7 Å². The van der Waals surface area contributed by atoms with Crippen molar-refractivity contribution in [3.63, 3.8) is 0 Å². The van der Waals surface area contributed by atoms with Gasteiger partial charge >= 0.3 is 0 Å². The fourth-order valence-corrected chi connectivity index (χ4v) is 5.45. The predicted molar refractivity (Wildman–Crippen MR) is 107 cm³/mol. The highest BCUT2D eigenvalue weighted by Crippen LogP contribution is 2.28. The highest BCUT2D eigenvalue weighted by atomic mass is 35.5. The number of nitrogens with zero attached hydrogens (tertiary/aromatic N) is 4. The van der Waals surface area contributed by atoms with Crippen molar-refractivity contribution in [2.75, 3.05) is 45.8 Å². The number of thiazole rings is 1. The summed E-state index contributed by atoms with van der Waals surface area (Å²) in [6, 6.07) is 1.40. The molecule has 4 rings (SSSR count). The minimum absolute atomic E-state index is 0. The van der Waals surface area contributed by atoms with Gasteiger partial charge in [0.1, 0.15) is 5.01 Å². The lowest BCUT2D eigenvalue weighted by atomic mass is 10.1. The van der Waals surface area contributed by atoms with E-state index in [0.717, 1.165) is 38.6 Å². The van der Waals surface area contributed by atoms with E-state index < -0.39 is 0 Å². The van der Waals surface area contributed by atoms with Crippen LogP contribution in [-0.4, -0.2) is 77.6 Å². The van der Waals surface area contributed by atoms with Gasteiger partial charge in [-0.05, 0) is 20.3 Å². The van der Waals surface area contributed by atoms with Crippen molar-refractivity contribution in [2.24, 2.45) is 0 Å². The highest BCUT2D eigenvalue weighted by Gasteiger charge is 2.29. The van der Waals surface area contributed by atoms with E-state index in [4.69, 9.17) is 4.98 Å². The van der Waals surface area contributed by atoms with Crippen LogP contribution in [0.5, 0.6) is 0 Å². The molecule has 1 atom stereocenters. The molecule has 0 bridgehead atoms.